The van der Waals surface area contributed by atoms with Gasteiger partial charge in [0, 0.05) is 56.2 Å². The standard InChI is InChI=1S/C32H34F6N4O.3ClH/c1-21-7-8-23(13-22(21)2)15-29-20-41(10-4-6-28(39)14-24-5-3-9-40-19-24)11-12-42(29)30(43)25-16-26(31(33,34)35)18-27(17-25)32(36,37)38;;;/h3-9,13,16-19,28-29H,10-12,14-15,20,39H2,1-2H3;3*1H/b6-4+;;;/t28?,29-;;;/m1.../s1. The molecule has 46 heavy (non-hydrogen) atoms. The molecule has 2 N–H and O–H groups in total. The fourth-order valence-electron chi connectivity index (χ4n) is 5.22. The van der Waals surface area contributed by atoms with Crippen molar-refractivity contribution in [2.75, 3.05) is 26.2 Å². The lowest BCUT2D eigenvalue weighted by Gasteiger charge is -2.41. The van der Waals surface area contributed by atoms with E-state index in [1.807, 2.05) is 56.3 Å². The minimum Gasteiger partial charge on any atom is -0.333 e. The molecule has 3 aromatic rings. The highest BCUT2D eigenvalue weighted by Crippen LogP contribution is 2.37. The molecule has 2 aromatic carbocycles. The van der Waals surface area contributed by atoms with Crippen LogP contribution in [0.2, 0.25) is 0 Å². The quantitative estimate of drug-likeness (QED) is 0.194. The van der Waals surface area contributed by atoms with Crippen molar-refractivity contribution >= 4 is 43.1 Å². The Morgan fingerprint density at radius 2 is 1.59 bits per heavy atom. The number of carbonyl (C=O) groups is 1. The molecule has 254 valence electrons. The predicted octanol–water partition coefficient (Wildman–Crippen LogP) is 7.50. The molecule has 14 heteroatoms. The van der Waals surface area contributed by atoms with E-state index >= 15 is 0 Å². The molecule has 0 bridgehead atoms. The van der Waals surface area contributed by atoms with E-state index in [2.05, 4.69) is 9.88 Å². The van der Waals surface area contributed by atoms with Crippen molar-refractivity contribution in [1.29, 1.82) is 0 Å². The molecular weight excluding hydrogens is 677 g/mol. The average molecular weight is 714 g/mol. The van der Waals surface area contributed by atoms with Crippen LogP contribution < -0.4 is 5.73 Å². The van der Waals surface area contributed by atoms with Gasteiger partial charge in [0.05, 0.1) is 11.1 Å². The van der Waals surface area contributed by atoms with E-state index in [-0.39, 0.29) is 55.9 Å². The van der Waals surface area contributed by atoms with Crippen LogP contribution in [0.4, 0.5) is 26.3 Å². The summed E-state index contributed by atoms with van der Waals surface area (Å²) in [5.74, 6) is -0.862. The maximum absolute atomic E-state index is 13.6. The molecule has 0 spiro atoms. The normalized spacial score (nSPS) is 16.3. The number of aromatic nitrogens is 1. The van der Waals surface area contributed by atoms with E-state index in [0.717, 1.165) is 22.3 Å². The van der Waals surface area contributed by atoms with Gasteiger partial charge < -0.3 is 10.6 Å². The molecule has 0 aliphatic carbocycles. The number of aryl methyl sites for hydroxylation is 2. The van der Waals surface area contributed by atoms with Gasteiger partial charge >= 0.3 is 12.4 Å². The van der Waals surface area contributed by atoms with E-state index in [9.17, 15) is 31.1 Å². The molecule has 1 fully saturated rings. The number of amides is 1. The highest BCUT2D eigenvalue weighted by Gasteiger charge is 2.39. The van der Waals surface area contributed by atoms with E-state index in [1.54, 1.807) is 12.4 Å². The maximum Gasteiger partial charge on any atom is 0.416 e. The summed E-state index contributed by atoms with van der Waals surface area (Å²) in [7, 11) is 0. The number of rotatable bonds is 8. The Bertz CT molecular complexity index is 1420. The number of benzene rings is 2. The zero-order valence-electron chi connectivity index (χ0n) is 25.1. The van der Waals surface area contributed by atoms with Gasteiger partial charge in [-0.05, 0) is 73.2 Å². The van der Waals surface area contributed by atoms with Gasteiger partial charge in [0.2, 0.25) is 0 Å². The third kappa shape index (κ3) is 11.2. The van der Waals surface area contributed by atoms with E-state index in [4.69, 9.17) is 5.73 Å². The second kappa shape index (κ2) is 17.4. The molecule has 1 amide bonds. The number of halogens is 9. The summed E-state index contributed by atoms with van der Waals surface area (Å²) in [4.78, 5) is 21.2. The molecule has 1 aliphatic heterocycles. The highest BCUT2D eigenvalue weighted by molar-refractivity contribution is 5.95. The molecule has 2 atom stereocenters. The zero-order chi connectivity index (χ0) is 31.4. The van der Waals surface area contributed by atoms with E-state index in [0.29, 0.717) is 44.6 Å². The maximum atomic E-state index is 13.6. The second-order valence-electron chi connectivity index (χ2n) is 11.0. The topological polar surface area (TPSA) is 62.5 Å². The summed E-state index contributed by atoms with van der Waals surface area (Å²) in [6.45, 7) is 5.36. The van der Waals surface area contributed by atoms with Crippen LogP contribution in [0.1, 0.15) is 43.7 Å². The third-order valence-corrected chi connectivity index (χ3v) is 7.65. The molecular formula is C32H37Cl3F6N4O. The Morgan fingerprint density at radius 3 is 2.15 bits per heavy atom. The van der Waals surface area contributed by atoms with Gasteiger partial charge in [-0.25, -0.2) is 0 Å². The van der Waals surface area contributed by atoms with Crippen LogP contribution in [0, 0.1) is 13.8 Å². The lowest BCUT2D eigenvalue weighted by atomic mass is 9.97. The van der Waals surface area contributed by atoms with Crippen LogP contribution in [0.15, 0.2) is 73.1 Å². The highest BCUT2D eigenvalue weighted by atomic mass is 35.5. The van der Waals surface area contributed by atoms with Gasteiger partial charge in [-0.15, -0.1) is 37.2 Å². The van der Waals surface area contributed by atoms with Gasteiger partial charge in [-0.1, -0.05) is 36.4 Å². The number of carbonyl (C=O) groups excluding carboxylic acids is 1. The largest absolute Gasteiger partial charge is 0.416 e. The van der Waals surface area contributed by atoms with Crippen molar-refractivity contribution in [2.24, 2.45) is 5.73 Å². The molecule has 5 nitrogen and oxygen atoms in total. The number of hydrogen-bond acceptors (Lipinski definition) is 4. The molecule has 2 heterocycles. The zero-order valence-corrected chi connectivity index (χ0v) is 27.6. The van der Waals surface area contributed by atoms with Gasteiger partial charge in [-0.2, -0.15) is 26.3 Å². The lowest BCUT2D eigenvalue weighted by Crippen LogP contribution is -2.56. The fraction of sp³-hybridized carbons (Fsp3) is 0.375. The monoisotopic (exact) mass is 712 g/mol. The molecule has 1 saturated heterocycles. The van der Waals surface area contributed by atoms with Crippen LogP contribution in [0.3, 0.4) is 0 Å². The van der Waals surface area contributed by atoms with E-state index in [1.165, 1.54) is 4.90 Å². The SMILES string of the molecule is Cc1ccc(C[C@@H]2CN(C/C=C/C(N)Cc3cccnc3)CCN2C(=O)c2cc(C(F)(F)F)cc(C(F)(F)F)c2)cc1C.Cl.Cl.Cl. The van der Waals surface area contributed by atoms with Crippen molar-refractivity contribution in [2.45, 2.75) is 51.1 Å². The van der Waals surface area contributed by atoms with Crippen molar-refractivity contribution < 1.29 is 31.1 Å². The number of pyridine rings is 1. The third-order valence-electron chi connectivity index (χ3n) is 7.65. The summed E-state index contributed by atoms with van der Waals surface area (Å²) in [6.07, 6.45) is -1.82. The first kappa shape index (κ1) is 41.2. The summed E-state index contributed by atoms with van der Waals surface area (Å²) in [6, 6.07) is 9.97. The van der Waals surface area contributed by atoms with Gasteiger partial charge in [0.1, 0.15) is 0 Å². The first-order valence-corrected chi connectivity index (χ1v) is 13.9. The molecule has 0 radical (unpaired) electrons. The summed E-state index contributed by atoms with van der Waals surface area (Å²) < 4.78 is 81.0. The molecule has 0 saturated carbocycles. The summed E-state index contributed by atoms with van der Waals surface area (Å²) in [5.41, 5.74) is 6.63. The molecule has 1 unspecified atom stereocenters. The molecule has 4 rings (SSSR count). The summed E-state index contributed by atoms with van der Waals surface area (Å²) in [5, 5.41) is 0. The number of alkyl halides is 6. The Hall–Kier alpha value is -2.83. The Morgan fingerprint density at radius 1 is 0.935 bits per heavy atom. The Labute approximate surface area is 283 Å². The lowest BCUT2D eigenvalue weighted by molar-refractivity contribution is -0.143. The average Bonchev–Trinajstić information content (AvgIpc) is 2.94. The van der Waals surface area contributed by atoms with E-state index < -0.39 is 41.0 Å². The predicted molar refractivity (Wildman–Crippen MR) is 174 cm³/mol. The second-order valence-corrected chi connectivity index (χ2v) is 11.0. The summed E-state index contributed by atoms with van der Waals surface area (Å²) >= 11 is 0. The van der Waals surface area contributed by atoms with Crippen LogP contribution in [0.5, 0.6) is 0 Å². The van der Waals surface area contributed by atoms with Crippen LogP contribution in [-0.4, -0.2) is 59.0 Å². The minimum absolute atomic E-state index is 0. The first-order chi connectivity index (χ1) is 20.2. The molecule has 1 aromatic heterocycles. The smallest absolute Gasteiger partial charge is 0.333 e. The number of hydrogen-bond donors (Lipinski definition) is 1. The van der Waals surface area contributed by atoms with Crippen LogP contribution in [-0.2, 0) is 25.2 Å². The van der Waals surface area contributed by atoms with Crippen LogP contribution in [0.25, 0.3) is 0 Å². The molecule has 1 aliphatic rings. The Balaban J connectivity index is 0.00000353. The van der Waals surface area contributed by atoms with Crippen molar-refractivity contribution in [3.8, 4) is 0 Å². The van der Waals surface area contributed by atoms with Gasteiger partial charge in [-0.3, -0.25) is 14.7 Å². The number of nitrogens with two attached hydrogens (primary N) is 1. The Kier molecular flexibility index (Phi) is 15.5. The number of nitrogens with zero attached hydrogens (tertiary/aromatic N) is 3. The van der Waals surface area contributed by atoms with Crippen LogP contribution >= 0.6 is 37.2 Å². The minimum atomic E-state index is -5.04. The van der Waals surface area contributed by atoms with Crippen molar-refractivity contribution in [3.05, 3.63) is 112 Å². The van der Waals surface area contributed by atoms with Crippen molar-refractivity contribution in [3.63, 3.8) is 0 Å². The first-order valence-electron chi connectivity index (χ1n) is 13.9. The van der Waals surface area contributed by atoms with Gasteiger partial charge in [0.25, 0.3) is 5.91 Å². The fourth-order valence-corrected chi connectivity index (χ4v) is 5.22. The van der Waals surface area contributed by atoms with Gasteiger partial charge in [0.15, 0.2) is 0 Å². The number of piperazine rings is 1. The van der Waals surface area contributed by atoms with Crippen molar-refractivity contribution in [1.82, 2.24) is 14.8 Å².